The Hall–Kier alpha value is -1.39. The van der Waals surface area contributed by atoms with E-state index in [4.69, 9.17) is 15.2 Å². The van der Waals surface area contributed by atoms with Gasteiger partial charge in [0.15, 0.2) is 0 Å². The average Bonchev–Trinajstić information content (AvgIpc) is 2.30. The van der Waals surface area contributed by atoms with E-state index in [1.54, 1.807) is 14.0 Å². The zero-order valence-corrected chi connectivity index (χ0v) is 10.3. The Balaban J connectivity index is 2.42. The molecule has 4 heteroatoms. The zero-order valence-electron chi connectivity index (χ0n) is 10.3. The molecule has 0 aliphatic carbocycles. The molecule has 0 radical (unpaired) electrons. The third-order valence-corrected chi connectivity index (χ3v) is 2.32. The van der Waals surface area contributed by atoms with Crippen LogP contribution in [-0.4, -0.2) is 31.8 Å². The fraction of sp³-hybridized carbons (Fsp3) is 0.462. The second kappa shape index (κ2) is 7.04. The Morgan fingerprint density at radius 2 is 2.00 bits per heavy atom. The van der Waals surface area contributed by atoms with Crippen LogP contribution in [0.1, 0.15) is 12.5 Å². The van der Waals surface area contributed by atoms with Gasteiger partial charge in [-0.15, -0.1) is 0 Å². The summed E-state index contributed by atoms with van der Waals surface area (Å²) in [4.78, 5) is 11.6. The Morgan fingerprint density at radius 3 is 2.59 bits per heavy atom. The standard InChI is InChI=1S/C13H19NO3/c1-10(9-16-2)17-13(15)12(14)8-11-6-4-3-5-7-11/h3-7,10,12H,8-9,14H2,1-2H3/t10?,12-/m1/s1. The summed E-state index contributed by atoms with van der Waals surface area (Å²) in [7, 11) is 1.56. The van der Waals surface area contributed by atoms with Gasteiger partial charge in [0.05, 0.1) is 6.61 Å². The molecule has 1 aromatic carbocycles. The maximum absolute atomic E-state index is 11.6. The van der Waals surface area contributed by atoms with E-state index >= 15 is 0 Å². The lowest BCUT2D eigenvalue weighted by atomic mass is 10.1. The number of carbonyl (C=O) groups is 1. The molecule has 0 fully saturated rings. The fourth-order valence-electron chi connectivity index (χ4n) is 1.51. The number of rotatable bonds is 6. The highest BCUT2D eigenvalue weighted by Crippen LogP contribution is 2.04. The second-order valence-corrected chi connectivity index (χ2v) is 4.00. The van der Waals surface area contributed by atoms with Gasteiger partial charge < -0.3 is 15.2 Å². The summed E-state index contributed by atoms with van der Waals surface area (Å²) in [5.74, 6) is -0.390. The van der Waals surface area contributed by atoms with E-state index in [-0.39, 0.29) is 6.10 Å². The molecule has 2 atom stereocenters. The van der Waals surface area contributed by atoms with E-state index in [1.807, 2.05) is 30.3 Å². The summed E-state index contributed by atoms with van der Waals surface area (Å²) in [5, 5.41) is 0. The van der Waals surface area contributed by atoms with Crippen LogP contribution in [0.5, 0.6) is 0 Å². The first kappa shape index (κ1) is 13.7. The van der Waals surface area contributed by atoms with Crippen LogP contribution in [0.3, 0.4) is 0 Å². The molecule has 0 aliphatic heterocycles. The molecule has 0 bridgehead atoms. The first-order valence-corrected chi connectivity index (χ1v) is 5.62. The number of benzene rings is 1. The summed E-state index contributed by atoms with van der Waals surface area (Å²) < 4.78 is 10.0. The van der Waals surface area contributed by atoms with Gasteiger partial charge in [-0.1, -0.05) is 30.3 Å². The highest BCUT2D eigenvalue weighted by molar-refractivity contribution is 5.76. The van der Waals surface area contributed by atoms with Crippen molar-refractivity contribution < 1.29 is 14.3 Å². The van der Waals surface area contributed by atoms with Crippen molar-refractivity contribution in [1.82, 2.24) is 0 Å². The Kier molecular flexibility index (Phi) is 5.66. The smallest absolute Gasteiger partial charge is 0.323 e. The molecule has 1 rings (SSSR count). The second-order valence-electron chi connectivity index (χ2n) is 4.00. The lowest BCUT2D eigenvalue weighted by molar-refractivity contribution is -0.152. The fourth-order valence-corrected chi connectivity index (χ4v) is 1.51. The molecule has 1 unspecified atom stereocenters. The minimum absolute atomic E-state index is 0.269. The van der Waals surface area contributed by atoms with Gasteiger partial charge in [-0.05, 0) is 18.9 Å². The number of nitrogens with two attached hydrogens (primary N) is 1. The van der Waals surface area contributed by atoms with Crippen LogP contribution in [0.4, 0.5) is 0 Å². The summed E-state index contributed by atoms with van der Waals surface area (Å²) in [6.45, 7) is 2.15. The maximum atomic E-state index is 11.6. The number of hydrogen-bond donors (Lipinski definition) is 1. The van der Waals surface area contributed by atoms with E-state index in [0.29, 0.717) is 13.0 Å². The van der Waals surface area contributed by atoms with Crippen LogP contribution in [0.2, 0.25) is 0 Å². The van der Waals surface area contributed by atoms with E-state index in [9.17, 15) is 4.79 Å². The lowest BCUT2D eigenvalue weighted by Gasteiger charge is -2.16. The quantitative estimate of drug-likeness (QED) is 0.753. The van der Waals surface area contributed by atoms with E-state index < -0.39 is 12.0 Å². The molecule has 0 amide bonds. The lowest BCUT2D eigenvalue weighted by Crippen LogP contribution is -2.37. The van der Waals surface area contributed by atoms with Crippen molar-refractivity contribution in [2.45, 2.75) is 25.5 Å². The monoisotopic (exact) mass is 237 g/mol. The predicted octanol–water partition coefficient (Wildman–Crippen LogP) is 1.13. The molecular formula is C13H19NO3. The first-order valence-electron chi connectivity index (χ1n) is 5.62. The van der Waals surface area contributed by atoms with Gasteiger partial charge in [0.25, 0.3) is 0 Å². The van der Waals surface area contributed by atoms with Gasteiger partial charge in [0.2, 0.25) is 0 Å². The topological polar surface area (TPSA) is 61.5 Å². The van der Waals surface area contributed by atoms with Crippen molar-refractivity contribution in [2.75, 3.05) is 13.7 Å². The number of esters is 1. The van der Waals surface area contributed by atoms with Gasteiger partial charge >= 0.3 is 5.97 Å². The van der Waals surface area contributed by atoms with Crippen LogP contribution < -0.4 is 5.73 Å². The molecule has 0 saturated carbocycles. The van der Waals surface area contributed by atoms with Crippen LogP contribution in [0, 0.1) is 0 Å². The number of carbonyl (C=O) groups excluding carboxylic acids is 1. The van der Waals surface area contributed by atoms with Crippen molar-refractivity contribution >= 4 is 5.97 Å². The van der Waals surface area contributed by atoms with E-state index in [2.05, 4.69) is 0 Å². The molecule has 4 nitrogen and oxygen atoms in total. The highest BCUT2D eigenvalue weighted by Gasteiger charge is 2.18. The maximum Gasteiger partial charge on any atom is 0.323 e. The Morgan fingerprint density at radius 1 is 1.35 bits per heavy atom. The Bertz CT molecular complexity index is 340. The molecular weight excluding hydrogens is 218 g/mol. The van der Waals surface area contributed by atoms with Crippen molar-refractivity contribution in [1.29, 1.82) is 0 Å². The number of methoxy groups -OCH3 is 1. The van der Waals surface area contributed by atoms with Crippen LogP contribution in [0.25, 0.3) is 0 Å². The molecule has 0 saturated heterocycles. The minimum atomic E-state index is -0.628. The van der Waals surface area contributed by atoms with Crippen molar-refractivity contribution in [3.8, 4) is 0 Å². The average molecular weight is 237 g/mol. The summed E-state index contributed by atoms with van der Waals surface area (Å²) in [6.07, 6.45) is 0.216. The molecule has 0 heterocycles. The third-order valence-electron chi connectivity index (χ3n) is 2.32. The summed E-state index contributed by atoms with van der Waals surface area (Å²) >= 11 is 0. The van der Waals surface area contributed by atoms with Gasteiger partial charge in [0, 0.05) is 7.11 Å². The van der Waals surface area contributed by atoms with E-state index in [0.717, 1.165) is 5.56 Å². The minimum Gasteiger partial charge on any atom is -0.459 e. The zero-order chi connectivity index (χ0) is 12.7. The molecule has 94 valence electrons. The molecule has 0 aromatic heterocycles. The molecule has 17 heavy (non-hydrogen) atoms. The van der Waals surface area contributed by atoms with Gasteiger partial charge in [0.1, 0.15) is 12.1 Å². The van der Waals surface area contributed by atoms with Crippen LogP contribution in [0.15, 0.2) is 30.3 Å². The van der Waals surface area contributed by atoms with Gasteiger partial charge in [-0.3, -0.25) is 4.79 Å². The third kappa shape index (κ3) is 4.97. The Labute approximate surface area is 102 Å². The van der Waals surface area contributed by atoms with Gasteiger partial charge in [-0.25, -0.2) is 0 Å². The first-order chi connectivity index (χ1) is 8.13. The van der Waals surface area contributed by atoms with Crippen molar-refractivity contribution in [3.63, 3.8) is 0 Å². The summed E-state index contributed by atoms with van der Waals surface area (Å²) in [6, 6.07) is 9.00. The number of hydrogen-bond acceptors (Lipinski definition) is 4. The van der Waals surface area contributed by atoms with Gasteiger partial charge in [-0.2, -0.15) is 0 Å². The highest BCUT2D eigenvalue weighted by atomic mass is 16.6. The SMILES string of the molecule is COCC(C)OC(=O)[C@H](N)Cc1ccccc1. The normalized spacial score (nSPS) is 14.1. The molecule has 1 aromatic rings. The van der Waals surface area contributed by atoms with Crippen molar-refractivity contribution in [2.24, 2.45) is 5.73 Å². The summed E-state index contributed by atoms with van der Waals surface area (Å²) in [5.41, 5.74) is 6.80. The van der Waals surface area contributed by atoms with Crippen molar-refractivity contribution in [3.05, 3.63) is 35.9 Å². The molecule has 0 aliphatic rings. The molecule has 0 spiro atoms. The molecule has 2 N–H and O–H groups in total. The number of ether oxygens (including phenoxy) is 2. The predicted molar refractivity (Wildman–Crippen MR) is 65.6 cm³/mol. The van der Waals surface area contributed by atoms with Crippen LogP contribution in [-0.2, 0) is 20.7 Å². The van der Waals surface area contributed by atoms with Crippen LogP contribution >= 0.6 is 0 Å². The largest absolute Gasteiger partial charge is 0.459 e. The van der Waals surface area contributed by atoms with E-state index in [1.165, 1.54) is 0 Å².